The van der Waals surface area contributed by atoms with Gasteiger partial charge >= 0.3 is 5.76 Å². The lowest BCUT2D eigenvalue weighted by Crippen LogP contribution is -2.49. The van der Waals surface area contributed by atoms with Crippen molar-refractivity contribution in [1.82, 2.24) is 29.7 Å². The minimum Gasteiger partial charge on any atom is -0.387 e. The highest BCUT2D eigenvalue weighted by molar-refractivity contribution is 7.13. The largest absolute Gasteiger partial charge is 0.437 e. The molecular weight excluding hydrogens is 440 g/mol. The van der Waals surface area contributed by atoms with Crippen LogP contribution in [0.15, 0.2) is 48.8 Å². The van der Waals surface area contributed by atoms with Crippen LogP contribution < -0.4 is 5.76 Å². The van der Waals surface area contributed by atoms with Crippen molar-refractivity contribution in [2.45, 2.75) is 13.1 Å². The van der Waals surface area contributed by atoms with Gasteiger partial charge in [0.1, 0.15) is 6.54 Å². The molecule has 1 saturated heterocycles. The fourth-order valence-corrected chi connectivity index (χ4v) is 4.60. The maximum atomic E-state index is 12.6. The van der Waals surface area contributed by atoms with E-state index in [0.717, 1.165) is 14.4 Å². The van der Waals surface area contributed by atoms with Crippen LogP contribution in [0, 0.1) is 0 Å². The van der Waals surface area contributed by atoms with Crippen LogP contribution in [0.1, 0.15) is 5.89 Å². The summed E-state index contributed by atoms with van der Waals surface area (Å²) < 4.78 is 11.6. The summed E-state index contributed by atoms with van der Waals surface area (Å²) in [6, 6.07) is 7.56. The first kappa shape index (κ1) is 19.8. The van der Waals surface area contributed by atoms with Gasteiger partial charge in [-0.05, 0) is 22.9 Å². The smallest absolute Gasteiger partial charge is 0.387 e. The Balaban J connectivity index is 1.15. The summed E-state index contributed by atoms with van der Waals surface area (Å²) in [6.45, 7) is 2.85. The van der Waals surface area contributed by atoms with E-state index in [1.165, 1.54) is 11.3 Å². The number of piperazine rings is 1. The molecule has 31 heavy (non-hydrogen) atoms. The molecule has 0 N–H and O–H groups in total. The van der Waals surface area contributed by atoms with Crippen LogP contribution in [0.2, 0.25) is 0 Å². The Labute approximate surface area is 184 Å². The molecule has 1 aliphatic rings. The van der Waals surface area contributed by atoms with Gasteiger partial charge in [-0.1, -0.05) is 17.3 Å². The summed E-state index contributed by atoms with van der Waals surface area (Å²) in [5.74, 6) is 0.593. The molecule has 0 bridgehead atoms. The van der Waals surface area contributed by atoms with Crippen molar-refractivity contribution in [3.8, 4) is 21.5 Å². The number of nitrogens with zero attached hydrogens (tertiary/aromatic N) is 6. The fourth-order valence-electron chi connectivity index (χ4n) is 3.31. The van der Waals surface area contributed by atoms with Gasteiger partial charge in [0.15, 0.2) is 0 Å². The minimum absolute atomic E-state index is 0.137. The Hall–Kier alpha value is -3.09. The number of thiophene rings is 2. The van der Waals surface area contributed by atoms with Crippen LogP contribution in [0.5, 0.6) is 0 Å². The number of hydrogen-bond acceptors (Lipinski definition) is 10. The third-order valence-electron chi connectivity index (χ3n) is 4.92. The first-order valence-corrected chi connectivity index (χ1v) is 11.4. The van der Waals surface area contributed by atoms with E-state index in [4.69, 9.17) is 8.94 Å². The van der Waals surface area contributed by atoms with E-state index in [1.807, 2.05) is 35.0 Å². The molecule has 0 unspecified atom stereocenters. The number of aromatic nitrogens is 4. The third-order valence-corrected chi connectivity index (χ3v) is 6.64. The van der Waals surface area contributed by atoms with Crippen LogP contribution in [0.3, 0.4) is 0 Å². The summed E-state index contributed by atoms with van der Waals surface area (Å²) in [6.07, 6.45) is 0. The molecule has 0 saturated carbocycles. The molecule has 0 atom stereocenters. The topological polar surface area (TPSA) is 110 Å². The van der Waals surface area contributed by atoms with Gasteiger partial charge in [-0.3, -0.25) is 9.69 Å². The molecule has 1 aliphatic heterocycles. The summed E-state index contributed by atoms with van der Waals surface area (Å²) in [4.78, 5) is 34.7. The fraction of sp³-hybridized carbons (Fsp3) is 0.316. The zero-order valence-corrected chi connectivity index (χ0v) is 18.0. The summed E-state index contributed by atoms with van der Waals surface area (Å²) in [7, 11) is 0. The maximum absolute atomic E-state index is 12.6. The first-order chi connectivity index (χ1) is 15.2. The van der Waals surface area contributed by atoms with Crippen molar-refractivity contribution in [3.05, 3.63) is 51.5 Å². The van der Waals surface area contributed by atoms with Crippen LogP contribution in [0.25, 0.3) is 21.5 Å². The van der Waals surface area contributed by atoms with E-state index in [1.54, 1.807) is 16.2 Å². The van der Waals surface area contributed by atoms with Crippen LogP contribution >= 0.6 is 22.7 Å². The monoisotopic (exact) mass is 458 g/mol. The Kier molecular flexibility index (Phi) is 5.49. The normalized spacial score (nSPS) is 14.9. The number of hydrogen-bond donors (Lipinski definition) is 0. The lowest BCUT2D eigenvalue weighted by Gasteiger charge is -2.33. The molecular formula is C19H18N6O4S2. The van der Waals surface area contributed by atoms with Crippen molar-refractivity contribution in [3.63, 3.8) is 0 Å². The number of amides is 1. The predicted octanol–water partition coefficient (Wildman–Crippen LogP) is 2.02. The Bertz CT molecular complexity index is 1200. The van der Waals surface area contributed by atoms with Gasteiger partial charge in [-0.25, -0.2) is 4.79 Å². The molecule has 160 valence electrons. The number of carbonyl (C=O) groups is 1. The molecule has 5 heterocycles. The molecule has 4 aromatic rings. The van der Waals surface area contributed by atoms with Crippen molar-refractivity contribution in [2.75, 3.05) is 26.2 Å². The quantitative estimate of drug-likeness (QED) is 0.432. The minimum atomic E-state index is -0.631. The maximum Gasteiger partial charge on any atom is 0.437 e. The molecule has 0 radical (unpaired) electrons. The molecule has 4 aromatic heterocycles. The van der Waals surface area contributed by atoms with Gasteiger partial charge in [0.25, 0.3) is 5.89 Å². The third kappa shape index (κ3) is 4.36. The highest BCUT2D eigenvalue weighted by Crippen LogP contribution is 2.22. The van der Waals surface area contributed by atoms with Crippen LogP contribution in [-0.2, 0) is 17.9 Å². The van der Waals surface area contributed by atoms with Gasteiger partial charge in [0.05, 0.1) is 16.3 Å². The molecule has 0 aromatic carbocycles. The zero-order valence-electron chi connectivity index (χ0n) is 16.3. The number of rotatable bonds is 6. The summed E-state index contributed by atoms with van der Waals surface area (Å²) >= 11 is 2.98. The second kappa shape index (κ2) is 8.57. The van der Waals surface area contributed by atoms with E-state index in [2.05, 4.69) is 20.1 Å². The molecule has 0 spiro atoms. The molecule has 1 fully saturated rings. The number of carbonyl (C=O) groups excluding carboxylic acids is 1. The molecule has 1 amide bonds. The van der Waals surface area contributed by atoms with Gasteiger partial charge in [-0.15, -0.1) is 27.8 Å². The zero-order chi connectivity index (χ0) is 21.2. The van der Waals surface area contributed by atoms with Crippen LogP contribution in [-0.4, -0.2) is 61.8 Å². The molecule has 12 heteroatoms. The van der Waals surface area contributed by atoms with Gasteiger partial charge in [0.2, 0.25) is 17.6 Å². The summed E-state index contributed by atoms with van der Waals surface area (Å²) in [5.41, 5.74) is 0. The van der Waals surface area contributed by atoms with Gasteiger partial charge in [0, 0.05) is 26.2 Å². The van der Waals surface area contributed by atoms with E-state index < -0.39 is 5.76 Å². The van der Waals surface area contributed by atoms with Crippen molar-refractivity contribution >= 4 is 28.6 Å². The standard InChI is InChI=1S/C19H18N6O4S2/c26-16(12-25-19(27)28-18(21-25)14-4-2-10-31-14)24-7-5-23(6-8-24)11-15-20-17(22-29-15)13-3-1-9-30-13/h1-4,9-10H,5-8,11-12H2. The lowest BCUT2D eigenvalue weighted by molar-refractivity contribution is -0.134. The Morgan fingerprint density at radius 3 is 2.52 bits per heavy atom. The SMILES string of the molecule is O=C(Cn1nc(-c2cccs2)oc1=O)N1CCN(Cc2nc(-c3cccs3)no2)CC1. The van der Waals surface area contributed by atoms with E-state index in [-0.39, 0.29) is 18.3 Å². The van der Waals surface area contributed by atoms with Crippen LogP contribution in [0.4, 0.5) is 0 Å². The average Bonchev–Trinajstić information content (AvgIpc) is 3.57. The Morgan fingerprint density at radius 1 is 1.06 bits per heavy atom. The van der Waals surface area contributed by atoms with E-state index in [0.29, 0.717) is 44.4 Å². The Morgan fingerprint density at radius 2 is 1.81 bits per heavy atom. The average molecular weight is 459 g/mol. The van der Waals surface area contributed by atoms with Gasteiger partial charge < -0.3 is 13.8 Å². The van der Waals surface area contributed by atoms with Crippen molar-refractivity contribution in [2.24, 2.45) is 0 Å². The predicted molar refractivity (Wildman–Crippen MR) is 114 cm³/mol. The second-order valence-corrected chi connectivity index (χ2v) is 8.85. The molecule has 5 rings (SSSR count). The van der Waals surface area contributed by atoms with E-state index >= 15 is 0 Å². The summed E-state index contributed by atoms with van der Waals surface area (Å²) in [5, 5.41) is 12.0. The highest BCUT2D eigenvalue weighted by Gasteiger charge is 2.24. The molecule has 0 aliphatic carbocycles. The van der Waals surface area contributed by atoms with Crippen molar-refractivity contribution < 1.29 is 13.7 Å². The second-order valence-electron chi connectivity index (χ2n) is 6.95. The lowest BCUT2D eigenvalue weighted by atomic mass is 10.3. The highest BCUT2D eigenvalue weighted by atomic mass is 32.1. The molecule has 10 nitrogen and oxygen atoms in total. The van der Waals surface area contributed by atoms with E-state index in [9.17, 15) is 9.59 Å². The van der Waals surface area contributed by atoms with Gasteiger partial charge in [-0.2, -0.15) is 9.67 Å². The van der Waals surface area contributed by atoms with Crippen molar-refractivity contribution in [1.29, 1.82) is 0 Å². The first-order valence-electron chi connectivity index (χ1n) is 9.64.